The Morgan fingerprint density at radius 3 is 2.43 bits per heavy atom. The summed E-state index contributed by atoms with van der Waals surface area (Å²) >= 11 is 0. The zero-order chi connectivity index (χ0) is 19.6. The van der Waals surface area contributed by atoms with Crippen molar-refractivity contribution >= 4 is 12.1 Å². The number of hydrogen-bond donors (Lipinski definition) is 1. The third-order valence-electron chi connectivity index (χ3n) is 3.81. The molecule has 142 valence electrons. The molecule has 0 unspecified atom stereocenters. The minimum absolute atomic E-state index is 0.282. The van der Waals surface area contributed by atoms with Crippen LogP contribution in [-0.4, -0.2) is 18.7 Å². The molecule has 1 N–H and O–H groups in total. The lowest BCUT2D eigenvalue weighted by Gasteiger charge is -2.06. The molecule has 0 saturated heterocycles. The van der Waals surface area contributed by atoms with Gasteiger partial charge in [-0.3, -0.25) is 4.79 Å². The quantitative estimate of drug-likeness (QED) is 0.444. The Labute approximate surface area is 164 Å². The third-order valence-corrected chi connectivity index (χ3v) is 3.81. The van der Waals surface area contributed by atoms with Gasteiger partial charge in [-0.15, -0.1) is 0 Å². The van der Waals surface area contributed by atoms with Crippen LogP contribution in [0.25, 0.3) is 0 Å². The van der Waals surface area contributed by atoms with Crippen LogP contribution in [0, 0.1) is 0 Å². The van der Waals surface area contributed by atoms with Gasteiger partial charge in [0.05, 0.1) is 12.8 Å². The van der Waals surface area contributed by atoms with E-state index in [0.717, 1.165) is 23.5 Å². The smallest absolute Gasteiger partial charge is 0.271 e. The molecule has 0 heterocycles. The maximum absolute atomic E-state index is 12.2. The van der Waals surface area contributed by atoms with Gasteiger partial charge in [0.25, 0.3) is 5.91 Å². The van der Waals surface area contributed by atoms with Gasteiger partial charge in [-0.25, -0.2) is 5.43 Å². The summed E-state index contributed by atoms with van der Waals surface area (Å²) in [6, 6.07) is 24.0. The average Bonchev–Trinajstić information content (AvgIpc) is 2.73. The van der Waals surface area contributed by atoms with Crippen LogP contribution < -0.4 is 14.9 Å². The van der Waals surface area contributed by atoms with Crippen LogP contribution in [0.3, 0.4) is 0 Å². The summed E-state index contributed by atoms with van der Waals surface area (Å²) in [6.07, 6.45) is 2.52. The molecule has 28 heavy (non-hydrogen) atoms. The lowest BCUT2D eigenvalue weighted by molar-refractivity contribution is 0.0955. The molecule has 0 spiro atoms. The first-order valence-electron chi connectivity index (χ1n) is 9.14. The van der Waals surface area contributed by atoms with Crippen molar-refractivity contribution in [3.8, 4) is 17.2 Å². The topological polar surface area (TPSA) is 59.9 Å². The zero-order valence-corrected chi connectivity index (χ0v) is 15.7. The number of hydrogen-bond acceptors (Lipinski definition) is 4. The minimum Gasteiger partial charge on any atom is -0.494 e. The van der Waals surface area contributed by atoms with Gasteiger partial charge in [0.15, 0.2) is 0 Å². The van der Waals surface area contributed by atoms with Crippen LogP contribution >= 0.6 is 0 Å². The zero-order valence-electron chi connectivity index (χ0n) is 15.7. The molecule has 0 saturated carbocycles. The number of ether oxygens (including phenoxy) is 2. The second-order valence-corrected chi connectivity index (χ2v) is 6.06. The Morgan fingerprint density at radius 1 is 0.929 bits per heavy atom. The molecule has 0 aliphatic carbocycles. The van der Waals surface area contributed by atoms with Gasteiger partial charge >= 0.3 is 0 Å². The summed E-state index contributed by atoms with van der Waals surface area (Å²) in [5, 5.41) is 4.03. The second kappa shape index (κ2) is 9.92. The van der Waals surface area contributed by atoms with E-state index < -0.39 is 0 Å². The Kier molecular flexibility index (Phi) is 6.79. The lowest BCUT2D eigenvalue weighted by Crippen LogP contribution is -2.17. The minimum atomic E-state index is -0.282. The summed E-state index contributed by atoms with van der Waals surface area (Å²) in [5.41, 5.74) is 3.86. The van der Waals surface area contributed by atoms with E-state index in [4.69, 9.17) is 9.47 Å². The Hall–Kier alpha value is -3.60. The SMILES string of the molecule is CCCOc1ccc(C(=O)N/N=C/c2cccc(Oc3ccccc3)c2)cc1. The molecule has 0 aliphatic heterocycles. The molecule has 3 aromatic carbocycles. The molecule has 5 heteroatoms. The predicted octanol–water partition coefficient (Wildman–Crippen LogP) is 5.03. The average molecular weight is 374 g/mol. The molecule has 0 fully saturated rings. The molecular weight excluding hydrogens is 352 g/mol. The van der Waals surface area contributed by atoms with Crippen molar-refractivity contribution in [3.63, 3.8) is 0 Å². The van der Waals surface area contributed by atoms with Crippen molar-refractivity contribution in [1.29, 1.82) is 0 Å². The summed E-state index contributed by atoms with van der Waals surface area (Å²) in [4.78, 5) is 12.2. The van der Waals surface area contributed by atoms with Crippen LogP contribution in [0.4, 0.5) is 0 Å². The largest absolute Gasteiger partial charge is 0.494 e. The van der Waals surface area contributed by atoms with Crippen molar-refractivity contribution in [2.45, 2.75) is 13.3 Å². The molecule has 5 nitrogen and oxygen atoms in total. The van der Waals surface area contributed by atoms with Crippen molar-refractivity contribution in [2.24, 2.45) is 5.10 Å². The fraction of sp³-hybridized carbons (Fsp3) is 0.130. The summed E-state index contributed by atoms with van der Waals surface area (Å²) in [7, 11) is 0. The fourth-order valence-electron chi connectivity index (χ4n) is 2.44. The number of benzene rings is 3. The van der Waals surface area contributed by atoms with Gasteiger partial charge in [0.2, 0.25) is 0 Å². The molecule has 0 aliphatic rings. The van der Waals surface area contributed by atoms with Gasteiger partial charge in [0, 0.05) is 5.56 Å². The molecule has 3 aromatic rings. The molecule has 0 aromatic heterocycles. The molecule has 0 radical (unpaired) electrons. The van der Waals surface area contributed by atoms with Crippen LogP contribution in [0.15, 0.2) is 84.0 Å². The first kappa shape index (κ1) is 19.2. The van der Waals surface area contributed by atoms with Crippen LogP contribution in [0.2, 0.25) is 0 Å². The van der Waals surface area contributed by atoms with Gasteiger partial charge in [-0.2, -0.15) is 5.10 Å². The van der Waals surface area contributed by atoms with Crippen LogP contribution in [0.5, 0.6) is 17.2 Å². The number of rotatable bonds is 8. The third kappa shape index (κ3) is 5.71. The van der Waals surface area contributed by atoms with E-state index in [1.165, 1.54) is 0 Å². The van der Waals surface area contributed by atoms with Gasteiger partial charge in [-0.1, -0.05) is 37.3 Å². The number of carbonyl (C=O) groups excluding carboxylic acids is 1. The van der Waals surface area contributed by atoms with Crippen molar-refractivity contribution in [3.05, 3.63) is 90.0 Å². The van der Waals surface area contributed by atoms with E-state index in [2.05, 4.69) is 10.5 Å². The van der Waals surface area contributed by atoms with Crippen molar-refractivity contribution in [1.82, 2.24) is 5.43 Å². The maximum atomic E-state index is 12.2. The van der Waals surface area contributed by atoms with Gasteiger partial charge < -0.3 is 9.47 Å². The fourth-order valence-corrected chi connectivity index (χ4v) is 2.44. The van der Waals surface area contributed by atoms with E-state index in [-0.39, 0.29) is 5.91 Å². The Bertz CT molecular complexity index is 922. The number of nitrogens with one attached hydrogen (secondary N) is 1. The lowest BCUT2D eigenvalue weighted by atomic mass is 10.2. The first-order valence-corrected chi connectivity index (χ1v) is 9.14. The molecule has 3 rings (SSSR count). The van der Waals surface area contributed by atoms with E-state index in [0.29, 0.717) is 17.9 Å². The molecule has 1 amide bonds. The number of carbonyl (C=O) groups is 1. The normalized spacial score (nSPS) is 10.6. The Balaban J connectivity index is 1.56. The van der Waals surface area contributed by atoms with Gasteiger partial charge in [-0.05, 0) is 60.5 Å². The molecule has 0 atom stereocenters. The van der Waals surface area contributed by atoms with E-state index in [1.54, 1.807) is 30.5 Å². The number of para-hydroxylation sites is 1. The standard InChI is InChI=1S/C23H22N2O3/c1-2-15-27-20-13-11-19(12-14-20)23(26)25-24-17-18-7-6-10-22(16-18)28-21-8-4-3-5-9-21/h3-14,16-17H,2,15H2,1H3,(H,25,26)/b24-17+. The molecule has 0 bridgehead atoms. The van der Waals surface area contributed by atoms with Gasteiger partial charge in [0.1, 0.15) is 17.2 Å². The highest BCUT2D eigenvalue weighted by molar-refractivity contribution is 5.95. The summed E-state index contributed by atoms with van der Waals surface area (Å²) < 4.78 is 11.3. The molecular formula is C23H22N2O3. The monoisotopic (exact) mass is 374 g/mol. The summed E-state index contributed by atoms with van der Waals surface area (Å²) in [5.74, 6) is 1.92. The highest BCUT2D eigenvalue weighted by Crippen LogP contribution is 2.21. The van der Waals surface area contributed by atoms with Crippen LogP contribution in [0.1, 0.15) is 29.3 Å². The van der Waals surface area contributed by atoms with Crippen molar-refractivity contribution < 1.29 is 14.3 Å². The van der Waals surface area contributed by atoms with E-state index >= 15 is 0 Å². The van der Waals surface area contributed by atoms with Crippen LogP contribution in [-0.2, 0) is 0 Å². The Morgan fingerprint density at radius 2 is 1.68 bits per heavy atom. The number of nitrogens with zero attached hydrogens (tertiary/aromatic N) is 1. The highest BCUT2D eigenvalue weighted by atomic mass is 16.5. The second-order valence-electron chi connectivity index (χ2n) is 6.06. The van der Waals surface area contributed by atoms with E-state index in [9.17, 15) is 4.79 Å². The highest BCUT2D eigenvalue weighted by Gasteiger charge is 2.04. The van der Waals surface area contributed by atoms with E-state index in [1.807, 2.05) is 61.5 Å². The maximum Gasteiger partial charge on any atom is 0.271 e. The van der Waals surface area contributed by atoms with Crippen molar-refractivity contribution in [2.75, 3.05) is 6.61 Å². The predicted molar refractivity (Wildman–Crippen MR) is 110 cm³/mol. The summed E-state index contributed by atoms with van der Waals surface area (Å²) in [6.45, 7) is 2.70. The first-order chi connectivity index (χ1) is 13.7. The number of amides is 1. The number of hydrazone groups is 1.